The lowest BCUT2D eigenvalue weighted by molar-refractivity contribution is -0.112. The monoisotopic (exact) mass is 658 g/mol. The minimum absolute atomic E-state index is 0.00797. The molecule has 0 unspecified atom stereocenters. The number of aromatic nitrogens is 4. The Morgan fingerprint density at radius 1 is 1.00 bits per heavy atom. The first kappa shape index (κ1) is 32.1. The lowest BCUT2D eigenvalue weighted by Gasteiger charge is -2.13. The molecule has 13 heteroatoms. The third-order valence-corrected chi connectivity index (χ3v) is 8.07. The van der Waals surface area contributed by atoms with Crippen molar-refractivity contribution in [3.63, 3.8) is 0 Å². The average Bonchev–Trinajstić information content (AvgIpc) is 3.38. The minimum Gasteiger partial charge on any atom is -0.493 e. The lowest BCUT2D eigenvalue weighted by Crippen LogP contribution is -2.37. The summed E-state index contributed by atoms with van der Waals surface area (Å²) in [7, 11) is 4.32. The molecule has 0 saturated heterocycles. The molecule has 2 aromatic heterocycles. The highest BCUT2D eigenvalue weighted by Crippen LogP contribution is 2.34. The van der Waals surface area contributed by atoms with E-state index in [0.29, 0.717) is 26.9 Å². The molecule has 0 bridgehead atoms. The van der Waals surface area contributed by atoms with Crippen LogP contribution in [0.4, 0.5) is 5.69 Å². The van der Waals surface area contributed by atoms with E-state index >= 15 is 0 Å². The molecule has 0 saturated carbocycles. The zero-order valence-electron chi connectivity index (χ0n) is 25.5. The number of halogens is 2. The van der Waals surface area contributed by atoms with E-state index in [-0.39, 0.29) is 40.8 Å². The molecule has 0 aliphatic heterocycles. The van der Waals surface area contributed by atoms with Crippen molar-refractivity contribution in [2.75, 3.05) is 12.4 Å². The van der Waals surface area contributed by atoms with Crippen LogP contribution >= 0.6 is 23.2 Å². The molecular formula is C33H28Cl2N6O5. The van der Waals surface area contributed by atoms with Crippen LogP contribution in [-0.2, 0) is 25.4 Å². The number of rotatable bonds is 8. The van der Waals surface area contributed by atoms with Gasteiger partial charge in [0.1, 0.15) is 11.6 Å². The molecule has 0 aliphatic carbocycles. The highest BCUT2D eigenvalue weighted by atomic mass is 35.5. The standard InChI is InChI=1S/C33H28Cl2N6O5/c1-18-6-10-24(12-19(18)2)37-30(42)22(16-36)13-20-7-11-26(27(14-20)45-5)46-32-38-29-28(31(43)40(4)33(44)39(29)3)41(32)17-21-8-9-23(34)15-25(21)35/h6-15H,17H2,1-5H3,(H,37,42)/b22-13-. The lowest BCUT2D eigenvalue weighted by atomic mass is 10.1. The number of nitrogens with one attached hydrogen (secondary N) is 1. The number of carbonyl (C=O) groups excluding carboxylic acids is 1. The van der Waals surface area contributed by atoms with Gasteiger partial charge in [0.05, 0.1) is 13.7 Å². The Hall–Kier alpha value is -5.31. The molecule has 1 N–H and O–H groups in total. The van der Waals surface area contributed by atoms with Crippen molar-refractivity contribution in [1.29, 1.82) is 5.26 Å². The van der Waals surface area contributed by atoms with Gasteiger partial charge >= 0.3 is 11.7 Å². The molecule has 234 valence electrons. The number of imidazole rings is 1. The number of amides is 1. The van der Waals surface area contributed by atoms with Crippen molar-refractivity contribution < 1.29 is 14.3 Å². The van der Waals surface area contributed by atoms with E-state index in [1.807, 2.05) is 32.0 Å². The van der Waals surface area contributed by atoms with Crippen molar-refractivity contribution in [3.8, 4) is 23.6 Å². The molecule has 5 rings (SSSR count). The van der Waals surface area contributed by atoms with Crippen LogP contribution in [0.25, 0.3) is 17.2 Å². The number of nitrogens with zero attached hydrogens (tertiary/aromatic N) is 5. The van der Waals surface area contributed by atoms with E-state index < -0.39 is 17.2 Å². The van der Waals surface area contributed by atoms with Gasteiger partial charge in [0.15, 0.2) is 22.7 Å². The van der Waals surface area contributed by atoms with E-state index in [9.17, 15) is 19.6 Å². The second kappa shape index (κ2) is 13.0. The Morgan fingerprint density at radius 2 is 1.76 bits per heavy atom. The first-order valence-corrected chi connectivity index (χ1v) is 14.6. The van der Waals surface area contributed by atoms with E-state index in [2.05, 4.69) is 10.3 Å². The van der Waals surface area contributed by atoms with Gasteiger partial charge in [-0.05, 0) is 78.6 Å². The second-order valence-corrected chi connectivity index (χ2v) is 11.4. The van der Waals surface area contributed by atoms with Gasteiger partial charge in [-0.15, -0.1) is 0 Å². The summed E-state index contributed by atoms with van der Waals surface area (Å²) in [5.74, 6) is -0.0873. The number of methoxy groups -OCH3 is 1. The fraction of sp³-hybridized carbons (Fsp3) is 0.182. The molecule has 2 heterocycles. The quantitative estimate of drug-likeness (QED) is 0.166. The maximum Gasteiger partial charge on any atom is 0.332 e. The Bertz CT molecular complexity index is 2230. The summed E-state index contributed by atoms with van der Waals surface area (Å²) in [6, 6.07) is 17.2. The maximum atomic E-state index is 13.3. The third-order valence-electron chi connectivity index (χ3n) is 7.49. The molecular weight excluding hydrogens is 631 g/mol. The Labute approximate surface area is 273 Å². The van der Waals surface area contributed by atoms with E-state index in [1.165, 1.54) is 36.4 Å². The Morgan fingerprint density at radius 3 is 2.43 bits per heavy atom. The molecule has 11 nitrogen and oxygen atoms in total. The van der Waals surface area contributed by atoms with Gasteiger partial charge in [-0.2, -0.15) is 10.2 Å². The summed E-state index contributed by atoms with van der Waals surface area (Å²) in [6.45, 7) is 3.97. The first-order chi connectivity index (χ1) is 21.9. The van der Waals surface area contributed by atoms with Gasteiger partial charge in [-0.1, -0.05) is 41.4 Å². The number of nitriles is 1. The van der Waals surface area contributed by atoms with Gasteiger partial charge in [0, 0.05) is 29.8 Å². The summed E-state index contributed by atoms with van der Waals surface area (Å²) in [4.78, 5) is 43.4. The average molecular weight is 660 g/mol. The Balaban J connectivity index is 1.53. The SMILES string of the molecule is COc1cc(/C=C(/C#N)C(=O)Nc2ccc(C)c(C)c2)ccc1Oc1nc2c(c(=O)n(C)c(=O)n2C)n1Cc1ccc(Cl)cc1Cl. The number of hydrogen-bond donors (Lipinski definition) is 1. The van der Waals surface area contributed by atoms with Crippen molar-refractivity contribution in [3.05, 3.63) is 113 Å². The summed E-state index contributed by atoms with van der Waals surface area (Å²) in [6.07, 6.45) is 1.43. The fourth-order valence-electron chi connectivity index (χ4n) is 4.76. The van der Waals surface area contributed by atoms with E-state index in [0.717, 1.165) is 15.7 Å². The van der Waals surface area contributed by atoms with Crippen LogP contribution in [0.1, 0.15) is 22.3 Å². The van der Waals surface area contributed by atoms with Gasteiger partial charge in [0.25, 0.3) is 11.5 Å². The van der Waals surface area contributed by atoms with Gasteiger partial charge < -0.3 is 14.8 Å². The number of fused-ring (bicyclic) bond motifs is 1. The van der Waals surface area contributed by atoms with Crippen molar-refractivity contribution in [2.45, 2.75) is 20.4 Å². The molecule has 5 aromatic rings. The molecule has 0 spiro atoms. The molecule has 0 fully saturated rings. The van der Waals surface area contributed by atoms with Crippen LogP contribution in [0.2, 0.25) is 10.0 Å². The molecule has 46 heavy (non-hydrogen) atoms. The molecule has 0 atom stereocenters. The van der Waals surface area contributed by atoms with Crippen LogP contribution in [0.3, 0.4) is 0 Å². The van der Waals surface area contributed by atoms with Gasteiger partial charge in [-0.3, -0.25) is 23.3 Å². The Kier molecular flexibility index (Phi) is 9.05. The van der Waals surface area contributed by atoms with Crippen LogP contribution in [0.15, 0.2) is 69.8 Å². The smallest absolute Gasteiger partial charge is 0.332 e. The zero-order valence-corrected chi connectivity index (χ0v) is 27.0. The molecule has 3 aromatic carbocycles. The van der Waals surface area contributed by atoms with Crippen molar-refractivity contribution >= 4 is 52.0 Å². The number of benzene rings is 3. The zero-order chi connectivity index (χ0) is 33.3. The van der Waals surface area contributed by atoms with Crippen LogP contribution < -0.4 is 26.0 Å². The maximum absolute atomic E-state index is 13.3. The highest BCUT2D eigenvalue weighted by Gasteiger charge is 2.23. The second-order valence-electron chi connectivity index (χ2n) is 10.5. The summed E-state index contributed by atoms with van der Waals surface area (Å²) < 4.78 is 15.5. The fourth-order valence-corrected chi connectivity index (χ4v) is 5.23. The number of aryl methyl sites for hydroxylation is 3. The summed E-state index contributed by atoms with van der Waals surface area (Å²) in [5, 5.41) is 13.3. The van der Waals surface area contributed by atoms with Crippen molar-refractivity contribution in [1.82, 2.24) is 18.7 Å². The number of carbonyl (C=O) groups is 1. The third kappa shape index (κ3) is 6.26. The minimum atomic E-state index is -0.568. The predicted molar refractivity (Wildman–Crippen MR) is 177 cm³/mol. The molecule has 0 radical (unpaired) electrons. The van der Waals surface area contributed by atoms with Crippen LogP contribution in [-0.4, -0.2) is 31.7 Å². The molecule has 0 aliphatic rings. The van der Waals surface area contributed by atoms with E-state index in [1.54, 1.807) is 42.5 Å². The highest BCUT2D eigenvalue weighted by molar-refractivity contribution is 6.35. The van der Waals surface area contributed by atoms with Crippen molar-refractivity contribution in [2.24, 2.45) is 14.1 Å². The molecule has 1 amide bonds. The predicted octanol–water partition coefficient (Wildman–Crippen LogP) is 5.75. The van der Waals surface area contributed by atoms with Gasteiger partial charge in [-0.25, -0.2) is 4.79 Å². The summed E-state index contributed by atoms with van der Waals surface area (Å²) >= 11 is 12.6. The normalized spacial score (nSPS) is 11.4. The number of anilines is 1. The van der Waals surface area contributed by atoms with Crippen LogP contribution in [0, 0.1) is 25.2 Å². The topological polar surface area (TPSA) is 133 Å². The van der Waals surface area contributed by atoms with Gasteiger partial charge in [0.2, 0.25) is 0 Å². The number of hydrogen-bond acceptors (Lipinski definition) is 7. The summed E-state index contributed by atoms with van der Waals surface area (Å²) in [5.41, 5.74) is 2.78. The van der Waals surface area contributed by atoms with Crippen LogP contribution in [0.5, 0.6) is 17.5 Å². The van der Waals surface area contributed by atoms with E-state index in [4.69, 9.17) is 32.7 Å². The number of ether oxygens (including phenoxy) is 2. The largest absolute Gasteiger partial charge is 0.493 e. The first-order valence-electron chi connectivity index (χ1n) is 13.9.